The Labute approximate surface area is 139 Å². The molecule has 0 saturated carbocycles. The zero-order chi connectivity index (χ0) is 16.9. The molecule has 0 N–H and O–H groups in total. The molecule has 0 bridgehead atoms. The maximum Gasteiger partial charge on any atom is 0.223 e. The van der Waals surface area contributed by atoms with Crippen molar-refractivity contribution in [3.05, 3.63) is 35.4 Å². The molecule has 0 aliphatic carbocycles. The largest absolute Gasteiger partial charge is 0.343 e. The number of carbonyl (C=O) groups is 1. The van der Waals surface area contributed by atoms with Crippen molar-refractivity contribution in [2.45, 2.75) is 39.2 Å². The molecule has 1 aromatic carbocycles. The average molecular weight is 338 g/mol. The third-order valence-electron chi connectivity index (χ3n) is 4.19. The molecule has 0 atom stereocenters. The summed E-state index contributed by atoms with van der Waals surface area (Å²) < 4.78 is 25.4. The van der Waals surface area contributed by atoms with Crippen molar-refractivity contribution in [1.82, 2.24) is 9.21 Å². The third kappa shape index (κ3) is 5.62. The van der Waals surface area contributed by atoms with E-state index in [1.54, 1.807) is 0 Å². The molecule has 6 heteroatoms. The van der Waals surface area contributed by atoms with Crippen LogP contribution in [0.5, 0.6) is 0 Å². The highest BCUT2D eigenvalue weighted by atomic mass is 32.2. The first-order valence-corrected chi connectivity index (χ1v) is 9.99. The van der Waals surface area contributed by atoms with Gasteiger partial charge in [0.25, 0.3) is 0 Å². The second kappa shape index (κ2) is 7.93. The fraction of sp³-hybridized carbons (Fsp3) is 0.588. The minimum Gasteiger partial charge on any atom is -0.343 e. The SMILES string of the molecule is Cc1cccc(CN(CCC(=O)N2CCCCC2)S(C)(=O)=O)c1. The number of rotatable bonds is 6. The van der Waals surface area contributed by atoms with Gasteiger partial charge in [-0.3, -0.25) is 4.79 Å². The Balaban J connectivity index is 1.97. The lowest BCUT2D eigenvalue weighted by Crippen LogP contribution is -2.38. The minimum atomic E-state index is -3.34. The summed E-state index contributed by atoms with van der Waals surface area (Å²) in [6, 6.07) is 7.79. The van der Waals surface area contributed by atoms with E-state index >= 15 is 0 Å². The van der Waals surface area contributed by atoms with Crippen molar-refractivity contribution in [2.75, 3.05) is 25.9 Å². The van der Waals surface area contributed by atoms with E-state index < -0.39 is 10.0 Å². The summed E-state index contributed by atoms with van der Waals surface area (Å²) in [5.41, 5.74) is 2.04. The molecule has 1 saturated heterocycles. The van der Waals surface area contributed by atoms with Crippen LogP contribution in [0.1, 0.15) is 36.8 Å². The monoisotopic (exact) mass is 338 g/mol. The first-order chi connectivity index (χ1) is 10.9. The Morgan fingerprint density at radius 2 is 1.91 bits per heavy atom. The van der Waals surface area contributed by atoms with Gasteiger partial charge in [0.1, 0.15) is 0 Å². The van der Waals surface area contributed by atoms with Gasteiger partial charge in [0.05, 0.1) is 6.26 Å². The van der Waals surface area contributed by atoms with Crippen LogP contribution >= 0.6 is 0 Å². The van der Waals surface area contributed by atoms with E-state index in [-0.39, 0.29) is 18.9 Å². The number of sulfonamides is 1. The van der Waals surface area contributed by atoms with E-state index in [0.29, 0.717) is 6.54 Å². The molecule has 128 valence electrons. The molecule has 1 fully saturated rings. The fourth-order valence-electron chi connectivity index (χ4n) is 2.90. The number of likely N-dealkylation sites (tertiary alicyclic amines) is 1. The molecular weight excluding hydrogens is 312 g/mol. The highest BCUT2D eigenvalue weighted by molar-refractivity contribution is 7.88. The zero-order valence-electron chi connectivity index (χ0n) is 14.0. The molecule has 1 aliphatic rings. The number of nitrogens with zero attached hydrogens (tertiary/aromatic N) is 2. The van der Waals surface area contributed by atoms with Crippen LogP contribution in [0.15, 0.2) is 24.3 Å². The maximum absolute atomic E-state index is 12.2. The van der Waals surface area contributed by atoms with E-state index in [4.69, 9.17) is 0 Å². The highest BCUT2D eigenvalue weighted by Crippen LogP contribution is 2.13. The Morgan fingerprint density at radius 1 is 1.22 bits per heavy atom. The lowest BCUT2D eigenvalue weighted by atomic mass is 10.1. The van der Waals surface area contributed by atoms with Crippen LogP contribution in [-0.4, -0.2) is 49.4 Å². The number of aryl methyl sites for hydroxylation is 1. The highest BCUT2D eigenvalue weighted by Gasteiger charge is 2.21. The van der Waals surface area contributed by atoms with E-state index in [1.807, 2.05) is 36.1 Å². The Hall–Kier alpha value is -1.40. The molecule has 1 aromatic rings. The number of hydrogen-bond donors (Lipinski definition) is 0. The van der Waals surface area contributed by atoms with Crippen LogP contribution in [-0.2, 0) is 21.4 Å². The number of amides is 1. The van der Waals surface area contributed by atoms with Crippen molar-refractivity contribution in [3.8, 4) is 0 Å². The standard InChI is InChI=1S/C17H26N2O3S/c1-15-7-6-8-16(13-15)14-19(23(2,21)22)12-9-17(20)18-10-4-3-5-11-18/h6-8,13H,3-5,9-12,14H2,1-2H3. The lowest BCUT2D eigenvalue weighted by molar-refractivity contribution is -0.132. The quantitative estimate of drug-likeness (QED) is 0.799. The molecule has 23 heavy (non-hydrogen) atoms. The van der Waals surface area contributed by atoms with Crippen molar-refractivity contribution < 1.29 is 13.2 Å². The van der Waals surface area contributed by atoms with E-state index in [9.17, 15) is 13.2 Å². The summed E-state index contributed by atoms with van der Waals surface area (Å²) in [6.45, 7) is 4.13. The van der Waals surface area contributed by atoms with Gasteiger partial charge in [0, 0.05) is 32.6 Å². The second-order valence-corrected chi connectivity index (χ2v) is 8.26. The summed E-state index contributed by atoms with van der Waals surface area (Å²) in [7, 11) is -3.34. The summed E-state index contributed by atoms with van der Waals surface area (Å²) in [4.78, 5) is 14.1. The van der Waals surface area contributed by atoms with Gasteiger partial charge >= 0.3 is 0 Å². The van der Waals surface area contributed by atoms with Crippen LogP contribution in [0.25, 0.3) is 0 Å². The summed E-state index contributed by atoms with van der Waals surface area (Å²) in [6.07, 6.45) is 4.72. The molecule has 0 unspecified atom stereocenters. The molecule has 5 nitrogen and oxygen atoms in total. The Bertz CT molecular complexity index is 637. The van der Waals surface area contributed by atoms with Gasteiger partial charge < -0.3 is 4.90 Å². The number of carbonyl (C=O) groups excluding carboxylic acids is 1. The molecule has 1 amide bonds. The van der Waals surface area contributed by atoms with E-state index in [1.165, 1.54) is 17.0 Å². The van der Waals surface area contributed by atoms with Gasteiger partial charge in [-0.2, -0.15) is 4.31 Å². The van der Waals surface area contributed by atoms with E-state index in [2.05, 4.69) is 0 Å². The molecular formula is C17H26N2O3S. The normalized spacial score (nSPS) is 15.9. The predicted molar refractivity (Wildman–Crippen MR) is 91.5 cm³/mol. The third-order valence-corrected chi connectivity index (χ3v) is 5.44. The molecule has 0 aromatic heterocycles. The van der Waals surface area contributed by atoms with Crippen LogP contribution in [0.4, 0.5) is 0 Å². The van der Waals surface area contributed by atoms with Gasteiger partial charge in [0.15, 0.2) is 0 Å². The maximum atomic E-state index is 12.2. The van der Waals surface area contributed by atoms with Crippen molar-refractivity contribution in [3.63, 3.8) is 0 Å². The van der Waals surface area contributed by atoms with Crippen molar-refractivity contribution >= 4 is 15.9 Å². The van der Waals surface area contributed by atoms with Crippen LogP contribution in [0, 0.1) is 6.92 Å². The van der Waals surface area contributed by atoms with Crippen molar-refractivity contribution in [1.29, 1.82) is 0 Å². The molecule has 2 rings (SSSR count). The molecule has 0 spiro atoms. The summed E-state index contributed by atoms with van der Waals surface area (Å²) in [5.74, 6) is 0.0580. The number of benzene rings is 1. The summed E-state index contributed by atoms with van der Waals surface area (Å²) >= 11 is 0. The average Bonchev–Trinajstić information content (AvgIpc) is 2.51. The Kier molecular flexibility index (Phi) is 6.18. The lowest BCUT2D eigenvalue weighted by Gasteiger charge is -2.28. The predicted octanol–water partition coefficient (Wildman–Crippen LogP) is 2.16. The summed E-state index contributed by atoms with van der Waals surface area (Å²) in [5, 5.41) is 0. The number of piperidine rings is 1. The first kappa shape index (κ1) is 17.9. The smallest absolute Gasteiger partial charge is 0.223 e. The molecule has 1 aliphatic heterocycles. The van der Waals surface area contributed by atoms with Crippen LogP contribution in [0.2, 0.25) is 0 Å². The fourth-order valence-corrected chi connectivity index (χ4v) is 3.70. The molecule has 1 heterocycles. The van der Waals surface area contributed by atoms with Gasteiger partial charge in [-0.05, 0) is 31.7 Å². The van der Waals surface area contributed by atoms with Crippen LogP contribution < -0.4 is 0 Å². The number of hydrogen-bond acceptors (Lipinski definition) is 3. The first-order valence-electron chi connectivity index (χ1n) is 8.15. The Morgan fingerprint density at radius 3 is 2.52 bits per heavy atom. The van der Waals surface area contributed by atoms with Crippen LogP contribution in [0.3, 0.4) is 0 Å². The minimum absolute atomic E-state index is 0.0580. The van der Waals surface area contributed by atoms with Crippen molar-refractivity contribution in [2.24, 2.45) is 0 Å². The van der Waals surface area contributed by atoms with Gasteiger partial charge in [-0.1, -0.05) is 29.8 Å². The second-order valence-electron chi connectivity index (χ2n) is 6.28. The molecule has 0 radical (unpaired) electrons. The topological polar surface area (TPSA) is 57.7 Å². The van der Waals surface area contributed by atoms with Gasteiger partial charge in [0.2, 0.25) is 15.9 Å². The van der Waals surface area contributed by atoms with Gasteiger partial charge in [-0.15, -0.1) is 0 Å². The zero-order valence-corrected chi connectivity index (χ0v) is 14.8. The van der Waals surface area contributed by atoms with Gasteiger partial charge in [-0.25, -0.2) is 8.42 Å². The van der Waals surface area contributed by atoms with E-state index in [0.717, 1.165) is 37.1 Å².